The number of anilines is 1. The molecule has 0 amide bonds. The smallest absolute Gasteiger partial charge is 0.367 e. The number of halogens is 3. The van der Waals surface area contributed by atoms with Gasteiger partial charge in [-0.15, -0.1) is 0 Å². The molecular formula is C27H26F3N5O4S. The lowest BCUT2D eigenvalue weighted by atomic mass is 10.0. The Morgan fingerprint density at radius 2 is 1.93 bits per heavy atom. The number of carbonyl (C=O) groups is 1. The van der Waals surface area contributed by atoms with E-state index in [1.807, 2.05) is 6.07 Å². The highest BCUT2D eigenvalue weighted by atomic mass is 32.2. The predicted octanol–water partition coefficient (Wildman–Crippen LogP) is 4.53. The molecule has 210 valence electrons. The monoisotopic (exact) mass is 573 g/mol. The number of alkyl halides is 3. The van der Waals surface area contributed by atoms with Crippen LogP contribution in [0.2, 0.25) is 0 Å². The SMILES string of the molecule is NS(=O)(=O)OC[C@@H]1CC[C@H](Nc2ncncc2C(=O)c2cn(Cc3cccc(C(F)(F)F)c3)c3ccccc23)C1. The maximum Gasteiger partial charge on any atom is 0.416 e. The molecule has 2 aromatic heterocycles. The van der Waals surface area contributed by atoms with Crippen LogP contribution in [0.3, 0.4) is 0 Å². The van der Waals surface area contributed by atoms with Crippen LogP contribution in [0.5, 0.6) is 0 Å². The molecule has 3 N–H and O–H groups in total. The topological polar surface area (TPSA) is 129 Å². The van der Waals surface area contributed by atoms with Gasteiger partial charge in [0, 0.05) is 41.4 Å². The first kappa shape index (κ1) is 27.7. The van der Waals surface area contributed by atoms with Gasteiger partial charge < -0.3 is 9.88 Å². The average molecular weight is 574 g/mol. The van der Waals surface area contributed by atoms with E-state index in [9.17, 15) is 26.4 Å². The van der Waals surface area contributed by atoms with Gasteiger partial charge in [0.25, 0.3) is 0 Å². The fourth-order valence-corrected chi connectivity index (χ4v) is 5.48. The van der Waals surface area contributed by atoms with Crippen molar-refractivity contribution in [2.45, 2.75) is 38.0 Å². The molecule has 1 aliphatic rings. The number of hydrogen-bond acceptors (Lipinski definition) is 7. The van der Waals surface area contributed by atoms with E-state index in [0.29, 0.717) is 47.1 Å². The summed E-state index contributed by atoms with van der Waals surface area (Å²) in [6, 6.07) is 12.2. The molecule has 9 nitrogen and oxygen atoms in total. The number of aromatic nitrogens is 3. The lowest BCUT2D eigenvalue weighted by Crippen LogP contribution is -2.22. The van der Waals surface area contributed by atoms with E-state index in [2.05, 4.69) is 15.3 Å². The van der Waals surface area contributed by atoms with E-state index in [1.165, 1.54) is 18.6 Å². The summed E-state index contributed by atoms with van der Waals surface area (Å²) in [6.45, 7) is 0.121. The van der Waals surface area contributed by atoms with Crippen molar-refractivity contribution in [2.24, 2.45) is 11.1 Å². The number of ketones is 1. The molecule has 1 fully saturated rings. The van der Waals surface area contributed by atoms with E-state index in [1.54, 1.807) is 35.0 Å². The average Bonchev–Trinajstić information content (AvgIpc) is 3.51. The molecule has 2 heterocycles. The number of nitrogens with zero attached hydrogens (tertiary/aromatic N) is 3. The number of nitrogens with two attached hydrogens (primary N) is 1. The summed E-state index contributed by atoms with van der Waals surface area (Å²) in [6.07, 6.45) is 1.96. The zero-order chi connectivity index (χ0) is 28.5. The van der Waals surface area contributed by atoms with E-state index in [-0.39, 0.29) is 36.5 Å². The maximum atomic E-state index is 13.8. The van der Waals surface area contributed by atoms with Crippen molar-refractivity contribution in [1.29, 1.82) is 0 Å². The molecule has 4 aromatic rings. The Kier molecular flexibility index (Phi) is 7.62. The van der Waals surface area contributed by atoms with E-state index in [4.69, 9.17) is 9.32 Å². The van der Waals surface area contributed by atoms with Gasteiger partial charge in [-0.1, -0.05) is 30.3 Å². The van der Waals surface area contributed by atoms with Gasteiger partial charge in [0.05, 0.1) is 17.7 Å². The fraction of sp³-hybridized carbons (Fsp3) is 0.296. The molecule has 0 radical (unpaired) electrons. The van der Waals surface area contributed by atoms with Crippen molar-refractivity contribution in [3.05, 3.63) is 89.5 Å². The van der Waals surface area contributed by atoms with Crippen molar-refractivity contribution in [2.75, 3.05) is 11.9 Å². The maximum absolute atomic E-state index is 13.8. The zero-order valence-electron chi connectivity index (χ0n) is 21.1. The van der Waals surface area contributed by atoms with Crippen molar-refractivity contribution in [3.63, 3.8) is 0 Å². The quantitative estimate of drug-likeness (QED) is 0.282. The summed E-state index contributed by atoms with van der Waals surface area (Å²) in [7, 11) is -4.02. The summed E-state index contributed by atoms with van der Waals surface area (Å²) in [4.78, 5) is 22.1. The van der Waals surface area contributed by atoms with Crippen molar-refractivity contribution < 1.29 is 30.6 Å². The Hall–Kier alpha value is -3.81. The summed E-state index contributed by atoms with van der Waals surface area (Å²) >= 11 is 0. The number of benzene rings is 2. The van der Waals surface area contributed by atoms with Gasteiger partial charge in [-0.3, -0.25) is 8.98 Å². The second-order valence-electron chi connectivity index (χ2n) is 9.80. The first-order valence-corrected chi connectivity index (χ1v) is 14.0. The summed E-state index contributed by atoms with van der Waals surface area (Å²) in [5.74, 6) is -0.0208. The minimum Gasteiger partial charge on any atom is -0.367 e. The van der Waals surface area contributed by atoms with Crippen LogP contribution in [0, 0.1) is 5.92 Å². The normalized spacial score (nSPS) is 17.8. The van der Waals surface area contributed by atoms with Gasteiger partial charge in [0.2, 0.25) is 0 Å². The van der Waals surface area contributed by atoms with Crippen LogP contribution < -0.4 is 10.5 Å². The van der Waals surface area contributed by atoms with Crippen molar-refractivity contribution >= 4 is 32.8 Å². The highest BCUT2D eigenvalue weighted by Crippen LogP contribution is 2.32. The number of nitrogens with one attached hydrogen (secondary N) is 1. The lowest BCUT2D eigenvalue weighted by Gasteiger charge is -2.16. The van der Waals surface area contributed by atoms with Crippen molar-refractivity contribution in [1.82, 2.24) is 14.5 Å². The van der Waals surface area contributed by atoms with Gasteiger partial charge in [0.15, 0.2) is 5.78 Å². The molecule has 0 spiro atoms. The molecule has 5 rings (SSSR count). The predicted molar refractivity (Wildman–Crippen MR) is 142 cm³/mol. The van der Waals surface area contributed by atoms with E-state index in [0.717, 1.165) is 12.1 Å². The Morgan fingerprint density at radius 3 is 2.70 bits per heavy atom. The standard InChI is InChI=1S/C27H26F3N5O4S/c28-27(29,30)19-5-3-4-17(10-19)13-35-14-23(21-6-1-2-7-24(21)35)25(36)22-12-32-16-33-26(22)34-20-9-8-18(11-20)15-39-40(31,37)38/h1-7,10,12,14,16,18,20H,8-9,11,13,15H2,(H2,31,37,38)(H,32,33,34)/t18-,20+/m1/s1. The molecule has 0 saturated heterocycles. The third-order valence-corrected chi connectivity index (χ3v) is 7.41. The van der Waals surface area contributed by atoms with Crippen LogP contribution >= 0.6 is 0 Å². The molecule has 2 atom stereocenters. The summed E-state index contributed by atoms with van der Waals surface area (Å²) < 4.78 is 68.4. The molecular weight excluding hydrogens is 547 g/mol. The van der Waals surface area contributed by atoms with Crippen LogP contribution in [0.1, 0.15) is 46.3 Å². The molecule has 0 aliphatic heterocycles. The minimum atomic E-state index is -4.46. The minimum absolute atomic E-state index is 0.0159. The number of hydrogen-bond donors (Lipinski definition) is 2. The first-order chi connectivity index (χ1) is 19.0. The Morgan fingerprint density at radius 1 is 1.12 bits per heavy atom. The van der Waals surface area contributed by atoms with Crippen LogP contribution in [0.15, 0.2) is 67.3 Å². The molecule has 2 aromatic carbocycles. The van der Waals surface area contributed by atoms with E-state index >= 15 is 0 Å². The van der Waals surface area contributed by atoms with Crippen LogP contribution in [0.4, 0.5) is 19.0 Å². The molecule has 40 heavy (non-hydrogen) atoms. The second kappa shape index (κ2) is 11.0. The van der Waals surface area contributed by atoms with Crippen LogP contribution in [-0.2, 0) is 27.2 Å². The Labute approximate surface area is 228 Å². The van der Waals surface area contributed by atoms with Crippen molar-refractivity contribution in [3.8, 4) is 0 Å². The highest BCUT2D eigenvalue weighted by Gasteiger charge is 2.31. The molecule has 1 aliphatic carbocycles. The number of rotatable bonds is 9. The molecule has 0 unspecified atom stereocenters. The number of fused-ring (bicyclic) bond motifs is 1. The number of para-hydroxylation sites is 1. The van der Waals surface area contributed by atoms with Crippen LogP contribution in [0.25, 0.3) is 10.9 Å². The molecule has 0 bridgehead atoms. The van der Waals surface area contributed by atoms with Gasteiger partial charge in [-0.2, -0.15) is 21.6 Å². The Bertz CT molecular complexity index is 1660. The third kappa shape index (κ3) is 6.32. The second-order valence-corrected chi connectivity index (χ2v) is 11.0. The zero-order valence-corrected chi connectivity index (χ0v) is 22.0. The largest absolute Gasteiger partial charge is 0.416 e. The molecule has 13 heteroatoms. The Balaban J connectivity index is 1.39. The van der Waals surface area contributed by atoms with E-state index < -0.39 is 22.0 Å². The third-order valence-electron chi connectivity index (χ3n) is 6.95. The van der Waals surface area contributed by atoms with Gasteiger partial charge >= 0.3 is 16.5 Å². The highest BCUT2D eigenvalue weighted by molar-refractivity contribution is 7.84. The lowest BCUT2D eigenvalue weighted by molar-refractivity contribution is -0.137. The van der Waals surface area contributed by atoms with Gasteiger partial charge in [-0.05, 0) is 48.9 Å². The molecule has 1 saturated carbocycles. The first-order valence-electron chi connectivity index (χ1n) is 12.5. The summed E-state index contributed by atoms with van der Waals surface area (Å²) in [5.41, 5.74) is 1.02. The van der Waals surface area contributed by atoms with Gasteiger partial charge in [-0.25, -0.2) is 15.1 Å². The summed E-state index contributed by atoms with van der Waals surface area (Å²) in [5, 5.41) is 8.85. The fourth-order valence-electron chi connectivity index (χ4n) is 5.10. The van der Waals surface area contributed by atoms with Gasteiger partial charge in [0.1, 0.15) is 12.1 Å². The number of carbonyl (C=O) groups excluding carboxylic acids is 1. The van der Waals surface area contributed by atoms with Crippen LogP contribution in [-0.4, -0.2) is 41.4 Å².